The molecule has 0 aliphatic rings. The molecule has 0 aliphatic carbocycles. The highest BCUT2D eigenvalue weighted by Gasteiger charge is 2.17. The highest BCUT2D eigenvalue weighted by Crippen LogP contribution is 2.27. The molecule has 6 nitrogen and oxygen atoms in total. The number of rotatable bonds is 7. The third-order valence-corrected chi connectivity index (χ3v) is 5.78. The Morgan fingerprint density at radius 2 is 1.79 bits per heavy atom. The first-order valence-electron chi connectivity index (χ1n) is 11.2. The van der Waals surface area contributed by atoms with E-state index < -0.39 is 0 Å². The number of ether oxygens (including phenoxy) is 1. The molecule has 3 aromatic carbocycles. The Kier molecular flexibility index (Phi) is 6.36. The van der Waals surface area contributed by atoms with E-state index in [2.05, 4.69) is 61.1 Å². The summed E-state index contributed by atoms with van der Waals surface area (Å²) in [6.07, 6.45) is 0. The topological polar surface area (TPSA) is 84.2 Å². The van der Waals surface area contributed by atoms with E-state index in [9.17, 15) is 4.79 Å². The van der Waals surface area contributed by atoms with Crippen LogP contribution in [0, 0.1) is 20.8 Å². The SMILES string of the molecule is CCN(Cc1cc(C)c(OCc2cccc(C)c2)c(C)c1)C(=O)c1ccc2nc(N)[nH]c2c1. The van der Waals surface area contributed by atoms with Crippen LogP contribution in [0.1, 0.15) is 45.1 Å². The first kappa shape index (κ1) is 22.4. The number of aryl methyl sites for hydroxylation is 3. The number of nitrogen functional groups attached to an aromatic ring is 1. The van der Waals surface area contributed by atoms with Crippen LogP contribution in [0.5, 0.6) is 5.75 Å². The number of nitrogens with one attached hydrogen (secondary N) is 1. The maximum Gasteiger partial charge on any atom is 0.254 e. The molecule has 0 aliphatic heterocycles. The number of nitrogens with two attached hydrogens (primary N) is 1. The second kappa shape index (κ2) is 9.36. The fourth-order valence-electron chi connectivity index (χ4n) is 4.21. The number of aromatic amines is 1. The van der Waals surface area contributed by atoms with Crippen LogP contribution in [-0.4, -0.2) is 27.3 Å². The highest BCUT2D eigenvalue weighted by molar-refractivity contribution is 5.97. The van der Waals surface area contributed by atoms with Gasteiger partial charge >= 0.3 is 0 Å². The third kappa shape index (κ3) is 5.00. The molecule has 0 spiro atoms. The van der Waals surface area contributed by atoms with Gasteiger partial charge in [-0.15, -0.1) is 0 Å². The van der Waals surface area contributed by atoms with Crippen LogP contribution in [0.2, 0.25) is 0 Å². The normalized spacial score (nSPS) is 11.0. The number of H-pyrrole nitrogens is 1. The van der Waals surface area contributed by atoms with Crippen molar-refractivity contribution >= 4 is 22.9 Å². The Hall–Kier alpha value is -3.80. The zero-order valence-electron chi connectivity index (χ0n) is 19.6. The fourth-order valence-corrected chi connectivity index (χ4v) is 4.21. The lowest BCUT2D eigenvalue weighted by Crippen LogP contribution is -2.30. The predicted molar refractivity (Wildman–Crippen MR) is 132 cm³/mol. The minimum atomic E-state index is -0.0253. The lowest BCUT2D eigenvalue weighted by atomic mass is 10.0. The maximum atomic E-state index is 13.2. The summed E-state index contributed by atoms with van der Waals surface area (Å²) in [5, 5.41) is 0. The number of hydrogen-bond acceptors (Lipinski definition) is 4. The zero-order chi connectivity index (χ0) is 23.5. The van der Waals surface area contributed by atoms with Gasteiger partial charge in [0.25, 0.3) is 5.91 Å². The predicted octanol–water partition coefficient (Wildman–Crippen LogP) is 5.31. The molecule has 6 heteroatoms. The smallest absolute Gasteiger partial charge is 0.254 e. The number of carbonyl (C=O) groups is 1. The molecule has 170 valence electrons. The summed E-state index contributed by atoms with van der Waals surface area (Å²) in [6.45, 7) is 9.84. The van der Waals surface area contributed by atoms with Crippen LogP contribution in [0.25, 0.3) is 11.0 Å². The Bertz CT molecular complexity index is 1290. The second-order valence-electron chi connectivity index (χ2n) is 8.51. The first-order chi connectivity index (χ1) is 15.8. The van der Waals surface area contributed by atoms with Crippen LogP contribution in [0.15, 0.2) is 54.6 Å². The molecule has 4 rings (SSSR count). The van der Waals surface area contributed by atoms with Gasteiger partial charge in [0.05, 0.1) is 11.0 Å². The van der Waals surface area contributed by atoms with E-state index in [4.69, 9.17) is 10.5 Å². The summed E-state index contributed by atoms with van der Waals surface area (Å²) < 4.78 is 6.15. The van der Waals surface area contributed by atoms with E-state index in [1.807, 2.05) is 30.0 Å². The standard InChI is InChI=1S/C27H30N4O2/c1-5-31(26(32)22-9-10-23-24(14-22)30-27(28)29-23)15-21-12-18(3)25(19(4)13-21)33-16-20-8-6-7-17(2)11-20/h6-14H,5,15-16H2,1-4H3,(H3,28,29,30). The largest absolute Gasteiger partial charge is 0.488 e. The number of aromatic nitrogens is 2. The van der Waals surface area contributed by atoms with Gasteiger partial charge in [-0.3, -0.25) is 4.79 Å². The number of amides is 1. The maximum absolute atomic E-state index is 13.2. The molecule has 3 N–H and O–H groups in total. The van der Waals surface area contributed by atoms with Crippen LogP contribution in [0.3, 0.4) is 0 Å². The van der Waals surface area contributed by atoms with E-state index in [-0.39, 0.29) is 5.91 Å². The number of benzene rings is 3. The molecular formula is C27H30N4O2. The number of fused-ring (bicyclic) bond motifs is 1. The van der Waals surface area contributed by atoms with Crippen LogP contribution in [-0.2, 0) is 13.2 Å². The quantitative estimate of drug-likeness (QED) is 0.406. The first-order valence-corrected chi connectivity index (χ1v) is 11.2. The lowest BCUT2D eigenvalue weighted by molar-refractivity contribution is 0.0752. The number of carbonyl (C=O) groups excluding carboxylic acids is 1. The molecule has 0 saturated carbocycles. The molecule has 0 atom stereocenters. The monoisotopic (exact) mass is 442 g/mol. The minimum Gasteiger partial charge on any atom is -0.488 e. The molecule has 0 bridgehead atoms. The summed E-state index contributed by atoms with van der Waals surface area (Å²) in [7, 11) is 0. The van der Waals surface area contributed by atoms with Gasteiger partial charge in [-0.2, -0.15) is 0 Å². The van der Waals surface area contributed by atoms with Gasteiger partial charge in [-0.05, 0) is 68.1 Å². The number of imidazole rings is 1. The Morgan fingerprint density at radius 1 is 1.03 bits per heavy atom. The minimum absolute atomic E-state index is 0.0253. The van der Waals surface area contributed by atoms with Gasteiger partial charge in [0, 0.05) is 18.7 Å². The van der Waals surface area contributed by atoms with Gasteiger partial charge in [-0.1, -0.05) is 42.0 Å². The molecule has 33 heavy (non-hydrogen) atoms. The summed E-state index contributed by atoms with van der Waals surface area (Å²) in [4.78, 5) is 22.2. The average Bonchev–Trinajstić information content (AvgIpc) is 3.15. The Balaban J connectivity index is 1.49. The zero-order valence-corrected chi connectivity index (χ0v) is 19.6. The van der Waals surface area contributed by atoms with Crippen molar-refractivity contribution in [3.63, 3.8) is 0 Å². The number of hydrogen-bond donors (Lipinski definition) is 2. The van der Waals surface area contributed by atoms with Crippen LogP contribution >= 0.6 is 0 Å². The van der Waals surface area contributed by atoms with Crippen molar-refractivity contribution in [2.75, 3.05) is 12.3 Å². The van der Waals surface area contributed by atoms with Crippen molar-refractivity contribution in [3.8, 4) is 5.75 Å². The number of anilines is 1. The molecule has 0 unspecified atom stereocenters. The molecule has 0 fully saturated rings. The molecular weight excluding hydrogens is 412 g/mol. The summed E-state index contributed by atoms with van der Waals surface area (Å²) in [5.41, 5.74) is 13.4. The molecule has 0 radical (unpaired) electrons. The van der Waals surface area contributed by atoms with E-state index in [1.165, 1.54) is 5.56 Å². The Morgan fingerprint density at radius 3 is 2.48 bits per heavy atom. The molecule has 0 saturated heterocycles. The summed E-state index contributed by atoms with van der Waals surface area (Å²) >= 11 is 0. The fraction of sp³-hybridized carbons (Fsp3) is 0.259. The summed E-state index contributed by atoms with van der Waals surface area (Å²) in [5.74, 6) is 1.22. The van der Waals surface area contributed by atoms with Gasteiger partial charge in [-0.25, -0.2) is 4.98 Å². The van der Waals surface area contributed by atoms with E-state index in [1.54, 1.807) is 6.07 Å². The van der Waals surface area contributed by atoms with E-state index in [0.717, 1.165) is 39.0 Å². The van der Waals surface area contributed by atoms with Crippen molar-refractivity contribution < 1.29 is 9.53 Å². The van der Waals surface area contributed by atoms with Gasteiger partial charge in [0.1, 0.15) is 12.4 Å². The van der Waals surface area contributed by atoms with Crippen molar-refractivity contribution in [1.29, 1.82) is 0 Å². The van der Waals surface area contributed by atoms with E-state index >= 15 is 0 Å². The Labute approximate surface area is 194 Å². The van der Waals surface area contributed by atoms with Crippen molar-refractivity contribution in [2.24, 2.45) is 0 Å². The van der Waals surface area contributed by atoms with E-state index in [0.29, 0.717) is 31.2 Å². The van der Waals surface area contributed by atoms with Crippen LogP contribution < -0.4 is 10.5 Å². The molecule has 1 aromatic heterocycles. The second-order valence-corrected chi connectivity index (χ2v) is 8.51. The molecule has 1 amide bonds. The average molecular weight is 443 g/mol. The van der Waals surface area contributed by atoms with Gasteiger partial charge in [0.15, 0.2) is 5.95 Å². The summed E-state index contributed by atoms with van der Waals surface area (Å²) in [6, 6.07) is 18.0. The van der Waals surface area contributed by atoms with Crippen molar-refractivity contribution in [1.82, 2.24) is 14.9 Å². The van der Waals surface area contributed by atoms with Crippen LogP contribution in [0.4, 0.5) is 5.95 Å². The van der Waals surface area contributed by atoms with Crippen molar-refractivity contribution in [2.45, 2.75) is 40.8 Å². The van der Waals surface area contributed by atoms with Gasteiger partial charge < -0.3 is 20.4 Å². The lowest BCUT2D eigenvalue weighted by Gasteiger charge is -2.22. The molecule has 1 heterocycles. The third-order valence-electron chi connectivity index (χ3n) is 5.78. The number of nitrogens with zero attached hydrogens (tertiary/aromatic N) is 2. The molecule has 4 aromatic rings. The highest BCUT2D eigenvalue weighted by atomic mass is 16.5. The van der Waals surface area contributed by atoms with Gasteiger partial charge in [0.2, 0.25) is 0 Å². The van der Waals surface area contributed by atoms with Crippen molar-refractivity contribution in [3.05, 3.63) is 88.0 Å².